The van der Waals surface area contributed by atoms with E-state index in [-0.39, 0.29) is 24.8 Å². The predicted octanol–water partition coefficient (Wildman–Crippen LogP) is 1.71. The minimum Gasteiger partial charge on any atom is -0.465 e. The lowest BCUT2D eigenvalue weighted by Gasteiger charge is -2.21. The van der Waals surface area contributed by atoms with E-state index in [1.54, 1.807) is 0 Å². The van der Waals surface area contributed by atoms with Crippen LogP contribution in [-0.2, 0) is 0 Å². The summed E-state index contributed by atoms with van der Waals surface area (Å²) in [6.07, 6.45) is 0.972. The second-order valence-corrected chi connectivity index (χ2v) is 4.58. The molecule has 0 heterocycles. The van der Waals surface area contributed by atoms with Gasteiger partial charge in [0.2, 0.25) is 0 Å². The fourth-order valence-electron chi connectivity index (χ4n) is 1.46. The Morgan fingerprint density at radius 3 is 1.39 bits per heavy atom. The number of nitrogens with zero attached hydrogens (tertiary/aromatic N) is 3. The molecule has 0 unspecified atom stereocenters. The van der Waals surface area contributed by atoms with Crippen LogP contribution < -0.4 is 0 Å². The third kappa shape index (κ3) is 13.8. The van der Waals surface area contributed by atoms with Gasteiger partial charge in [0.15, 0.2) is 0 Å². The van der Waals surface area contributed by atoms with Crippen molar-refractivity contribution in [1.29, 1.82) is 0 Å². The Bertz CT molecular complexity index is 191. The first-order valence-corrected chi connectivity index (χ1v) is 5.71. The van der Waals surface area contributed by atoms with Crippen molar-refractivity contribution < 1.29 is 9.90 Å². The van der Waals surface area contributed by atoms with Crippen LogP contribution in [0.4, 0.5) is 4.79 Å². The number of halogens is 2. The molecule has 0 aromatic rings. The van der Waals surface area contributed by atoms with Gasteiger partial charge in [0.1, 0.15) is 0 Å². The van der Waals surface area contributed by atoms with Crippen molar-refractivity contribution in [2.75, 3.05) is 54.4 Å². The van der Waals surface area contributed by atoms with E-state index >= 15 is 0 Å². The molecule has 0 atom stereocenters. The molecule has 1 N–H and O–H groups in total. The highest BCUT2D eigenvalue weighted by molar-refractivity contribution is 5.85. The van der Waals surface area contributed by atoms with Crippen LogP contribution in [0, 0.1) is 0 Å². The van der Waals surface area contributed by atoms with Crippen molar-refractivity contribution in [2.45, 2.75) is 12.8 Å². The van der Waals surface area contributed by atoms with Crippen molar-refractivity contribution in [3.8, 4) is 0 Å². The van der Waals surface area contributed by atoms with Gasteiger partial charge in [-0.2, -0.15) is 0 Å². The molecule has 0 aliphatic carbocycles. The maximum atomic E-state index is 10.9. The first-order chi connectivity index (χ1) is 7.43. The third-order valence-electron chi connectivity index (χ3n) is 2.34. The number of amides is 1. The average molecular weight is 304 g/mol. The summed E-state index contributed by atoms with van der Waals surface area (Å²) in [5.74, 6) is 0. The van der Waals surface area contributed by atoms with Crippen LogP contribution in [0.2, 0.25) is 0 Å². The van der Waals surface area contributed by atoms with E-state index in [2.05, 4.69) is 9.80 Å². The zero-order valence-electron chi connectivity index (χ0n) is 11.8. The standard InChI is InChI=1S/C11H25N3O2.2ClH/c1-12(2)7-5-9-14(11(15)16)10-6-8-13(3)4;;/h5-10H2,1-4H3,(H,15,16);2*1H. The zero-order valence-corrected chi connectivity index (χ0v) is 13.4. The molecule has 7 heteroatoms. The van der Waals surface area contributed by atoms with Gasteiger partial charge in [-0.15, -0.1) is 24.8 Å². The van der Waals surface area contributed by atoms with Gasteiger partial charge in [-0.05, 0) is 54.1 Å². The van der Waals surface area contributed by atoms with Gasteiger partial charge in [-0.3, -0.25) is 0 Å². The fourth-order valence-corrected chi connectivity index (χ4v) is 1.46. The van der Waals surface area contributed by atoms with E-state index in [1.807, 2.05) is 28.2 Å². The van der Waals surface area contributed by atoms with Crippen LogP contribution in [0.5, 0.6) is 0 Å². The molecule has 0 aliphatic heterocycles. The molecule has 0 saturated carbocycles. The topological polar surface area (TPSA) is 47.0 Å². The molecule has 112 valence electrons. The van der Waals surface area contributed by atoms with E-state index in [0.717, 1.165) is 25.9 Å². The molecule has 0 aliphatic rings. The molecule has 1 amide bonds. The van der Waals surface area contributed by atoms with Gasteiger partial charge in [-0.1, -0.05) is 0 Å². The molecule has 5 nitrogen and oxygen atoms in total. The van der Waals surface area contributed by atoms with Crippen LogP contribution in [-0.4, -0.2) is 80.3 Å². The largest absolute Gasteiger partial charge is 0.465 e. The lowest BCUT2D eigenvalue weighted by molar-refractivity contribution is 0.141. The Hall–Kier alpha value is -0.230. The molecule has 0 fully saturated rings. The Morgan fingerprint density at radius 2 is 1.17 bits per heavy atom. The van der Waals surface area contributed by atoms with Crippen molar-refractivity contribution in [3.05, 3.63) is 0 Å². The second kappa shape index (κ2) is 13.2. The highest BCUT2D eigenvalue weighted by Crippen LogP contribution is 1.97. The predicted molar refractivity (Wildman–Crippen MR) is 80.4 cm³/mol. The highest BCUT2D eigenvalue weighted by atomic mass is 35.5. The van der Waals surface area contributed by atoms with Crippen molar-refractivity contribution in [2.24, 2.45) is 0 Å². The maximum absolute atomic E-state index is 10.9. The van der Waals surface area contributed by atoms with Gasteiger partial charge in [0.05, 0.1) is 0 Å². The summed E-state index contributed by atoms with van der Waals surface area (Å²) in [7, 11) is 7.99. The highest BCUT2D eigenvalue weighted by Gasteiger charge is 2.10. The quantitative estimate of drug-likeness (QED) is 0.742. The number of carboxylic acid groups (broad SMARTS) is 1. The number of hydrogen-bond acceptors (Lipinski definition) is 3. The first kappa shape index (κ1) is 22.9. The molecule has 0 aromatic carbocycles. The lowest BCUT2D eigenvalue weighted by atomic mass is 10.3. The molecule has 0 bridgehead atoms. The SMILES string of the molecule is CN(C)CCCN(CCCN(C)C)C(=O)O.Cl.Cl. The zero-order chi connectivity index (χ0) is 12.6. The van der Waals surface area contributed by atoms with Crippen LogP contribution in [0.3, 0.4) is 0 Å². The van der Waals surface area contributed by atoms with Crippen LogP contribution in [0.25, 0.3) is 0 Å². The van der Waals surface area contributed by atoms with Crippen LogP contribution in [0.15, 0.2) is 0 Å². The van der Waals surface area contributed by atoms with Gasteiger partial charge in [0, 0.05) is 13.1 Å². The normalized spacial score (nSPS) is 9.89. The van der Waals surface area contributed by atoms with E-state index in [0.29, 0.717) is 13.1 Å². The molecule has 0 saturated heterocycles. The summed E-state index contributed by atoms with van der Waals surface area (Å²) in [6, 6.07) is 0. The Morgan fingerprint density at radius 1 is 0.833 bits per heavy atom. The monoisotopic (exact) mass is 303 g/mol. The van der Waals surface area contributed by atoms with Crippen molar-refractivity contribution in [3.63, 3.8) is 0 Å². The minimum atomic E-state index is -0.808. The Labute approximate surface area is 123 Å². The Kier molecular flexibility index (Phi) is 16.8. The summed E-state index contributed by atoms with van der Waals surface area (Å²) in [4.78, 5) is 16.6. The lowest BCUT2D eigenvalue weighted by Crippen LogP contribution is -2.34. The maximum Gasteiger partial charge on any atom is 0.407 e. The molecule has 0 spiro atoms. The third-order valence-corrected chi connectivity index (χ3v) is 2.34. The van der Waals surface area contributed by atoms with Crippen LogP contribution in [0.1, 0.15) is 12.8 Å². The molecule has 0 aromatic heterocycles. The number of carbonyl (C=O) groups is 1. The van der Waals surface area contributed by atoms with E-state index in [4.69, 9.17) is 5.11 Å². The minimum absolute atomic E-state index is 0. The van der Waals surface area contributed by atoms with Gasteiger partial charge >= 0.3 is 6.09 Å². The molecular weight excluding hydrogens is 277 g/mol. The van der Waals surface area contributed by atoms with Gasteiger partial charge < -0.3 is 19.8 Å². The summed E-state index contributed by atoms with van der Waals surface area (Å²) < 4.78 is 0. The number of rotatable bonds is 8. The molecule has 0 rings (SSSR count). The number of hydrogen-bond donors (Lipinski definition) is 1. The Balaban J connectivity index is -0.00000112. The summed E-state index contributed by atoms with van der Waals surface area (Å²) in [5.41, 5.74) is 0. The van der Waals surface area contributed by atoms with Crippen LogP contribution >= 0.6 is 24.8 Å². The summed E-state index contributed by atoms with van der Waals surface area (Å²) in [5, 5.41) is 9.00. The van der Waals surface area contributed by atoms with E-state index in [9.17, 15) is 4.79 Å². The molecular formula is C11H27Cl2N3O2. The summed E-state index contributed by atoms with van der Waals surface area (Å²) >= 11 is 0. The second-order valence-electron chi connectivity index (χ2n) is 4.58. The molecule has 0 radical (unpaired) electrons. The van der Waals surface area contributed by atoms with Gasteiger partial charge in [0.25, 0.3) is 0 Å². The van der Waals surface area contributed by atoms with E-state index in [1.165, 1.54) is 4.90 Å². The van der Waals surface area contributed by atoms with Crippen molar-refractivity contribution >= 4 is 30.9 Å². The summed E-state index contributed by atoms with van der Waals surface area (Å²) in [6.45, 7) is 3.11. The molecule has 18 heavy (non-hydrogen) atoms. The smallest absolute Gasteiger partial charge is 0.407 e. The average Bonchev–Trinajstić information content (AvgIpc) is 2.14. The first-order valence-electron chi connectivity index (χ1n) is 5.71. The van der Waals surface area contributed by atoms with Crippen molar-refractivity contribution in [1.82, 2.24) is 14.7 Å². The fraction of sp³-hybridized carbons (Fsp3) is 0.909. The van der Waals surface area contributed by atoms with Gasteiger partial charge in [-0.25, -0.2) is 4.79 Å². The van der Waals surface area contributed by atoms with E-state index < -0.39 is 6.09 Å².